The number of aliphatic hydroxyl groups is 3. The van der Waals surface area contributed by atoms with Gasteiger partial charge < -0.3 is 20.1 Å². The Morgan fingerprint density at radius 3 is 2.78 bits per heavy atom. The Hall–Kier alpha value is -1.56. The zero-order valence-corrected chi connectivity index (χ0v) is 16.4. The molecule has 8 nitrogen and oxygen atoms in total. The number of aromatic nitrogens is 4. The minimum absolute atomic E-state index is 0.385. The van der Waals surface area contributed by atoms with E-state index in [1.807, 2.05) is 24.3 Å². The summed E-state index contributed by atoms with van der Waals surface area (Å²) in [5, 5.41) is 30.2. The first-order chi connectivity index (χ1) is 13.1. The molecular weight excluding hydrogens is 436 g/mol. The van der Waals surface area contributed by atoms with Gasteiger partial charge in [0, 0.05) is 10.2 Å². The average Bonchev–Trinajstić information content (AvgIpc) is 3.22. The van der Waals surface area contributed by atoms with Crippen molar-refractivity contribution >= 4 is 38.9 Å². The van der Waals surface area contributed by atoms with Crippen molar-refractivity contribution in [3.8, 4) is 0 Å². The fraction of sp³-hybridized carbons (Fsp3) is 0.353. The Labute approximate surface area is 167 Å². The predicted octanol–water partition coefficient (Wildman–Crippen LogP) is 1.49. The summed E-state index contributed by atoms with van der Waals surface area (Å²) in [6.45, 7) is -0.385. The van der Waals surface area contributed by atoms with Crippen molar-refractivity contribution in [1.29, 1.82) is 0 Å². The molecular formula is C17H17BrN4O4S. The fourth-order valence-electron chi connectivity index (χ4n) is 3.01. The van der Waals surface area contributed by atoms with E-state index in [1.54, 1.807) is 4.57 Å². The molecule has 1 aliphatic heterocycles. The van der Waals surface area contributed by atoms with E-state index < -0.39 is 24.5 Å². The molecule has 2 aromatic heterocycles. The molecule has 3 heterocycles. The van der Waals surface area contributed by atoms with E-state index in [4.69, 9.17) is 4.74 Å². The molecule has 0 amide bonds. The highest BCUT2D eigenvalue weighted by Crippen LogP contribution is 2.33. The number of halogens is 1. The number of nitrogens with zero attached hydrogens (tertiary/aromatic N) is 4. The maximum atomic E-state index is 10.2. The van der Waals surface area contributed by atoms with E-state index in [-0.39, 0.29) is 6.61 Å². The Morgan fingerprint density at radius 1 is 1.19 bits per heavy atom. The molecule has 1 aliphatic rings. The number of hydrogen-bond donors (Lipinski definition) is 3. The second-order valence-electron chi connectivity index (χ2n) is 6.15. The SMILES string of the molecule is OC[C@H]1O[C@@H](n2cnc3c(SCc4cccc(Br)c4)ncnc32)[C@H](O)[C@@H]1O. The summed E-state index contributed by atoms with van der Waals surface area (Å²) in [4.78, 5) is 13.0. The summed E-state index contributed by atoms with van der Waals surface area (Å²) in [6.07, 6.45) is -1.15. The molecule has 27 heavy (non-hydrogen) atoms. The van der Waals surface area contributed by atoms with Crippen LogP contribution in [0, 0.1) is 0 Å². The number of thioether (sulfide) groups is 1. The van der Waals surface area contributed by atoms with Crippen LogP contribution < -0.4 is 0 Å². The molecule has 0 bridgehead atoms. The lowest BCUT2D eigenvalue weighted by atomic mass is 10.1. The lowest BCUT2D eigenvalue weighted by Crippen LogP contribution is -2.33. The van der Waals surface area contributed by atoms with E-state index in [1.165, 1.54) is 24.4 Å². The summed E-state index contributed by atoms with van der Waals surface area (Å²) in [6, 6.07) is 8.03. The quantitative estimate of drug-likeness (QED) is 0.394. The van der Waals surface area contributed by atoms with Crippen molar-refractivity contribution in [3.05, 3.63) is 47.0 Å². The average molecular weight is 453 g/mol. The minimum Gasteiger partial charge on any atom is -0.394 e. The van der Waals surface area contributed by atoms with Crippen LogP contribution in [-0.2, 0) is 10.5 Å². The first kappa shape index (κ1) is 18.8. The van der Waals surface area contributed by atoms with Gasteiger partial charge in [0.1, 0.15) is 35.2 Å². The third kappa shape index (κ3) is 3.60. The molecule has 3 N–H and O–H groups in total. The smallest absolute Gasteiger partial charge is 0.166 e. The zero-order valence-electron chi connectivity index (χ0n) is 14.0. The fourth-order valence-corrected chi connectivity index (χ4v) is 4.34. The largest absolute Gasteiger partial charge is 0.394 e. The molecule has 10 heteroatoms. The summed E-state index contributed by atoms with van der Waals surface area (Å²) < 4.78 is 8.15. The zero-order chi connectivity index (χ0) is 19.0. The van der Waals surface area contributed by atoms with Crippen molar-refractivity contribution in [2.45, 2.75) is 35.3 Å². The number of ether oxygens (including phenoxy) is 1. The lowest BCUT2D eigenvalue weighted by molar-refractivity contribution is -0.0511. The van der Waals surface area contributed by atoms with E-state index >= 15 is 0 Å². The van der Waals surface area contributed by atoms with E-state index in [0.29, 0.717) is 21.9 Å². The molecule has 0 radical (unpaired) electrons. The van der Waals surface area contributed by atoms with Crippen LogP contribution in [0.1, 0.15) is 11.8 Å². The molecule has 0 saturated carbocycles. The number of fused-ring (bicyclic) bond motifs is 1. The standard InChI is InChI=1S/C17H17BrN4O4S/c18-10-3-1-2-9(4-10)6-27-16-12-15(19-7-20-16)22(8-21-12)17-14(25)13(24)11(5-23)26-17/h1-4,7-8,11,13-14,17,23-25H,5-6H2/t11-,13-,14-,17-/m1/s1. The van der Waals surface area contributed by atoms with Gasteiger partial charge >= 0.3 is 0 Å². The minimum atomic E-state index is -1.19. The predicted molar refractivity (Wildman–Crippen MR) is 102 cm³/mol. The molecule has 3 aromatic rings. The number of imidazole rings is 1. The lowest BCUT2D eigenvalue weighted by Gasteiger charge is -2.16. The summed E-state index contributed by atoms with van der Waals surface area (Å²) >= 11 is 5.00. The molecule has 1 saturated heterocycles. The summed E-state index contributed by atoms with van der Waals surface area (Å²) in [5.41, 5.74) is 2.23. The first-order valence-corrected chi connectivity index (χ1v) is 10.0. The molecule has 0 spiro atoms. The molecule has 0 unspecified atom stereocenters. The van der Waals surface area contributed by atoms with Crippen LogP contribution in [-0.4, -0.2) is 59.8 Å². The van der Waals surface area contributed by atoms with Crippen molar-refractivity contribution in [2.24, 2.45) is 0 Å². The number of aliphatic hydroxyl groups excluding tert-OH is 3. The van der Waals surface area contributed by atoms with E-state index in [0.717, 1.165) is 10.0 Å². The van der Waals surface area contributed by atoms with E-state index in [2.05, 4.69) is 30.9 Å². The Bertz CT molecular complexity index is 956. The Kier molecular flexibility index (Phi) is 5.44. The monoisotopic (exact) mass is 452 g/mol. The van der Waals surface area contributed by atoms with Crippen LogP contribution in [0.15, 0.2) is 46.4 Å². The van der Waals surface area contributed by atoms with Crippen LogP contribution in [0.2, 0.25) is 0 Å². The molecule has 0 aliphatic carbocycles. The molecule has 4 rings (SSSR count). The van der Waals surface area contributed by atoms with Crippen LogP contribution in [0.5, 0.6) is 0 Å². The van der Waals surface area contributed by atoms with E-state index in [9.17, 15) is 15.3 Å². The van der Waals surface area contributed by atoms with Gasteiger partial charge in [0.05, 0.1) is 12.9 Å². The van der Waals surface area contributed by atoms with Gasteiger partial charge in [0.25, 0.3) is 0 Å². The number of benzene rings is 1. The Morgan fingerprint density at radius 2 is 2.04 bits per heavy atom. The van der Waals surface area contributed by atoms with Crippen molar-refractivity contribution in [3.63, 3.8) is 0 Å². The van der Waals surface area contributed by atoms with Gasteiger partial charge in [-0.2, -0.15) is 0 Å². The van der Waals surface area contributed by atoms with Crippen LogP contribution in [0.4, 0.5) is 0 Å². The van der Waals surface area contributed by atoms with Crippen molar-refractivity contribution in [1.82, 2.24) is 19.5 Å². The van der Waals surface area contributed by atoms with Crippen molar-refractivity contribution < 1.29 is 20.1 Å². The first-order valence-electron chi connectivity index (χ1n) is 8.25. The topological polar surface area (TPSA) is 114 Å². The van der Waals surface area contributed by atoms with Crippen LogP contribution in [0.25, 0.3) is 11.2 Å². The summed E-state index contributed by atoms with van der Waals surface area (Å²) in [5.74, 6) is 0.715. The molecule has 4 atom stereocenters. The molecule has 142 valence electrons. The van der Waals surface area contributed by atoms with Crippen molar-refractivity contribution in [2.75, 3.05) is 6.61 Å². The highest BCUT2D eigenvalue weighted by molar-refractivity contribution is 9.10. The summed E-state index contributed by atoms with van der Waals surface area (Å²) in [7, 11) is 0. The van der Waals surface area contributed by atoms with Crippen LogP contribution >= 0.6 is 27.7 Å². The molecule has 1 fully saturated rings. The second kappa shape index (κ2) is 7.82. The maximum Gasteiger partial charge on any atom is 0.166 e. The third-order valence-corrected chi connectivity index (χ3v) is 5.92. The van der Waals surface area contributed by atoms with Gasteiger partial charge in [-0.25, -0.2) is 15.0 Å². The van der Waals surface area contributed by atoms with Gasteiger partial charge in [0.15, 0.2) is 11.9 Å². The molecule has 1 aromatic carbocycles. The second-order valence-corrected chi connectivity index (χ2v) is 8.03. The third-order valence-electron chi connectivity index (χ3n) is 4.38. The maximum absolute atomic E-state index is 10.2. The number of rotatable bonds is 5. The van der Waals surface area contributed by atoms with Gasteiger partial charge in [-0.15, -0.1) is 0 Å². The van der Waals surface area contributed by atoms with Gasteiger partial charge in [-0.1, -0.05) is 39.8 Å². The highest BCUT2D eigenvalue weighted by atomic mass is 79.9. The van der Waals surface area contributed by atoms with Gasteiger partial charge in [0.2, 0.25) is 0 Å². The number of hydrogen-bond acceptors (Lipinski definition) is 8. The normalized spacial score (nSPS) is 25.3. The highest BCUT2D eigenvalue weighted by Gasteiger charge is 2.44. The van der Waals surface area contributed by atoms with Crippen LogP contribution in [0.3, 0.4) is 0 Å². The van der Waals surface area contributed by atoms with Gasteiger partial charge in [-0.3, -0.25) is 4.57 Å². The van der Waals surface area contributed by atoms with Gasteiger partial charge in [-0.05, 0) is 17.7 Å². The Balaban J connectivity index is 1.60.